The van der Waals surface area contributed by atoms with Crippen molar-refractivity contribution in [1.29, 1.82) is 0 Å². The van der Waals surface area contributed by atoms with E-state index in [2.05, 4.69) is 45.5 Å². The molecule has 0 amide bonds. The molecule has 0 saturated carbocycles. The van der Waals surface area contributed by atoms with Gasteiger partial charge < -0.3 is 9.73 Å². The molecule has 1 N–H and O–H groups in total. The molecule has 3 nitrogen and oxygen atoms in total. The van der Waals surface area contributed by atoms with Crippen LogP contribution in [0.4, 0.5) is 0 Å². The highest BCUT2D eigenvalue weighted by Crippen LogP contribution is 2.31. The summed E-state index contributed by atoms with van der Waals surface area (Å²) < 4.78 is 6.32. The van der Waals surface area contributed by atoms with Gasteiger partial charge in [0, 0.05) is 18.0 Å². The Kier molecular flexibility index (Phi) is 3.78. The van der Waals surface area contributed by atoms with Crippen molar-refractivity contribution in [3.8, 4) is 10.8 Å². The summed E-state index contributed by atoms with van der Waals surface area (Å²) in [5, 5.41) is 6.31. The van der Waals surface area contributed by atoms with Crippen LogP contribution in [0, 0.1) is 0 Å². The number of rotatable bonds is 4. The lowest BCUT2D eigenvalue weighted by Gasteiger charge is -2.04. The predicted octanol–water partition coefficient (Wildman–Crippen LogP) is 3.66. The van der Waals surface area contributed by atoms with Crippen molar-refractivity contribution in [2.24, 2.45) is 0 Å². The maximum Gasteiger partial charge on any atom is 0.176 e. The largest absolute Gasteiger partial charge is 0.461 e. The lowest BCUT2D eigenvalue weighted by molar-refractivity contribution is 0.575. The molecule has 86 valence electrons. The van der Waals surface area contributed by atoms with Gasteiger partial charge in [0.15, 0.2) is 10.8 Å². The lowest BCUT2D eigenvalue weighted by Crippen LogP contribution is -2.21. The van der Waals surface area contributed by atoms with Crippen molar-refractivity contribution in [2.45, 2.75) is 26.4 Å². The Bertz CT molecular complexity index is 464. The second-order valence-electron chi connectivity index (χ2n) is 3.78. The van der Waals surface area contributed by atoms with E-state index in [1.807, 2.05) is 6.07 Å². The first-order valence-corrected chi connectivity index (χ1v) is 6.75. The van der Waals surface area contributed by atoms with Gasteiger partial charge in [0.05, 0.1) is 16.4 Å². The second kappa shape index (κ2) is 5.12. The first-order chi connectivity index (χ1) is 7.66. The molecule has 2 rings (SSSR count). The average molecular weight is 301 g/mol. The third kappa shape index (κ3) is 2.72. The Labute approximate surface area is 107 Å². The van der Waals surface area contributed by atoms with Gasteiger partial charge in [-0.2, -0.15) is 0 Å². The molecule has 0 fully saturated rings. The van der Waals surface area contributed by atoms with Crippen LogP contribution in [0.25, 0.3) is 10.8 Å². The summed E-state index contributed by atoms with van der Waals surface area (Å²) in [6, 6.07) is 2.35. The summed E-state index contributed by atoms with van der Waals surface area (Å²) in [5.41, 5.74) is 1.05. The fourth-order valence-electron chi connectivity index (χ4n) is 1.25. The van der Waals surface area contributed by atoms with Gasteiger partial charge in [-0.3, -0.25) is 0 Å². The molecule has 5 heteroatoms. The maximum atomic E-state index is 5.37. The quantitative estimate of drug-likeness (QED) is 0.936. The van der Waals surface area contributed by atoms with E-state index < -0.39 is 0 Å². The molecule has 0 atom stereocenters. The molecule has 2 heterocycles. The van der Waals surface area contributed by atoms with E-state index in [4.69, 9.17) is 4.42 Å². The molecule has 0 aromatic carbocycles. The number of aromatic nitrogens is 1. The fraction of sp³-hybridized carbons (Fsp3) is 0.364. The van der Waals surface area contributed by atoms with Gasteiger partial charge in [-0.25, -0.2) is 4.98 Å². The highest BCUT2D eigenvalue weighted by molar-refractivity contribution is 9.10. The normalized spacial score (nSPS) is 11.2. The minimum absolute atomic E-state index is 0.473. The molecule has 2 aromatic heterocycles. The van der Waals surface area contributed by atoms with E-state index >= 15 is 0 Å². The number of furan rings is 1. The summed E-state index contributed by atoms with van der Waals surface area (Å²) >= 11 is 5.03. The third-order valence-electron chi connectivity index (χ3n) is 2.05. The topological polar surface area (TPSA) is 38.1 Å². The Morgan fingerprint density at radius 3 is 3.00 bits per heavy atom. The third-order valence-corrected chi connectivity index (χ3v) is 3.57. The van der Waals surface area contributed by atoms with Gasteiger partial charge in [-0.1, -0.05) is 13.8 Å². The number of halogens is 1. The number of thiazole rings is 1. The first kappa shape index (κ1) is 11.8. The summed E-state index contributed by atoms with van der Waals surface area (Å²) in [5.74, 6) is 0.806. The van der Waals surface area contributed by atoms with Gasteiger partial charge in [-0.15, -0.1) is 11.3 Å². The van der Waals surface area contributed by atoms with Crippen molar-refractivity contribution in [3.63, 3.8) is 0 Å². The summed E-state index contributed by atoms with van der Waals surface area (Å²) in [7, 11) is 0. The van der Waals surface area contributed by atoms with E-state index in [-0.39, 0.29) is 0 Å². The standard InChI is InChI=1S/C11H13BrN2OS/c1-7(2)13-5-8-6-16-11(14-8)10-9(12)3-4-15-10/h3-4,6-7,13H,5H2,1-2H3. The Morgan fingerprint density at radius 1 is 1.56 bits per heavy atom. The van der Waals surface area contributed by atoms with Crippen molar-refractivity contribution < 1.29 is 4.42 Å². The predicted molar refractivity (Wildman–Crippen MR) is 69.5 cm³/mol. The van der Waals surface area contributed by atoms with Gasteiger partial charge in [0.1, 0.15) is 0 Å². The van der Waals surface area contributed by atoms with E-state index in [0.29, 0.717) is 6.04 Å². The van der Waals surface area contributed by atoms with Crippen LogP contribution in [0.2, 0.25) is 0 Å². The lowest BCUT2D eigenvalue weighted by atomic mass is 10.3. The fourth-order valence-corrected chi connectivity index (χ4v) is 2.59. The highest BCUT2D eigenvalue weighted by Gasteiger charge is 2.11. The molecule has 0 bridgehead atoms. The molecular weight excluding hydrogens is 288 g/mol. The molecule has 0 radical (unpaired) electrons. The van der Waals surface area contributed by atoms with Crippen LogP contribution >= 0.6 is 27.3 Å². The monoisotopic (exact) mass is 300 g/mol. The van der Waals surface area contributed by atoms with Crippen LogP contribution < -0.4 is 5.32 Å². The van der Waals surface area contributed by atoms with E-state index in [9.17, 15) is 0 Å². The second-order valence-corrected chi connectivity index (χ2v) is 5.49. The first-order valence-electron chi connectivity index (χ1n) is 5.08. The Balaban J connectivity index is 2.11. The van der Waals surface area contributed by atoms with Crippen molar-refractivity contribution in [3.05, 3.63) is 27.9 Å². The summed E-state index contributed by atoms with van der Waals surface area (Å²) in [6.07, 6.45) is 1.66. The molecule has 16 heavy (non-hydrogen) atoms. The van der Waals surface area contributed by atoms with Gasteiger partial charge in [0.25, 0.3) is 0 Å². The SMILES string of the molecule is CC(C)NCc1csc(-c2occc2Br)n1. The van der Waals surface area contributed by atoms with E-state index in [1.165, 1.54) is 0 Å². The minimum atomic E-state index is 0.473. The minimum Gasteiger partial charge on any atom is -0.461 e. The molecule has 0 saturated heterocycles. The van der Waals surface area contributed by atoms with Crippen LogP contribution in [0.3, 0.4) is 0 Å². The number of hydrogen-bond acceptors (Lipinski definition) is 4. The average Bonchev–Trinajstić information content (AvgIpc) is 2.83. The zero-order valence-electron chi connectivity index (χ0n) is 9.16. The number of hydrogen-bond donors (Lipinski definition) is 1. The van der Waals surface area contributed by atoms with Crippen LogP contribution in [0.1, 0.15) is 19.5 Å². The van der Waals surface area contributed by atoms with Gasteiger partial charge in [0.2, 0.25) is 0 Å². The zero-order valence-corrected chi connectivity index (χ0v) is 11.6. The van der Waals surface area contributed by atoms with Crippen molar-refractivity contribution in [2.75, 3.05) is 0 Å². The number of nitrogens with one attached hydrogen (secondary N) is 1. The highest BCUT2D eigenvalue weighted by atomic mass is 79.9. The van der Waals surface area contributed by atoms with Gasteiger partial charge >= 0.3 is 0 Å². The molecule has 0 aliphatic heterocycles. The van der Waals surface area contributed by atoms with Crippen LogP contribution in [-0.4, -0.2) is 11.0 Å². The molecule has 0 aliphatic rings. The molecule has 0 aliphatic carbocycles. The maximum absolute atomic E-state index is 5.37. The van der Waals surface area contributed by atoms with Crippen LogP contribution in [0.5, 0.6) is 0 Å². The molecule has 0 unspecified atom stereocenters. The Morgan fingerprint density at radius 2 is 2.38 bits per heavy atom. The van der Waals surface area contributed by atoms with Crippen LogP contribution in [0.15, 0.2) is 26.6 Å². The van der Waals surface area contributed by atoms with E-state index in [0.717, 1.165) is 27.5 Å². The molecular formula is C11H13BrN2OS. The number of nitrogens with zero attached hydrogens (tertiary/aromatic N) is 1. The van der Waals surface area contributed by atoms with Crippen LogP contribution in [-0.2, 0) is 6.54 Å². The van der Waals surface area contributed by atoms with Crippen molar-refractivity contribution >= 4 is 27.3 Å². The summed E-state index contributed by atoms with van der Waals surface area (Å²) in [4.78, 5) is 4.52. The van der Waals surface area contributed by atoms with E-state index in [1.54, 1.807) is 17.6 Å². The molecule has 0 spiro atoms. The van der Waals surface area contributed by atoms with Crippen molar-refractivity contribution in [1.82, 2.24) is 10.3 Å². The smallest absolute Gasteiger partial charge is 0.176 e. The molecule has 2 aromatic rings. The Hall–Kier alpha value is -0.650. The summed E-state index contributed by atoms with van der Waals surface area (Å²) in [6.45, 7) is 5.04. The van der Waals surface area contributed by atoms with Gasteiger partial charge in [-0.05, 0) is 22.0 Å². The zero-order chi connectivity index (χ0) is 11.5.